The number of aromatic nitrogens is 1. The molecule has 1 aliphatic carbocycles. The second-order valence-electron chi connectivity index (χ2n) is 5.52. The molecule has 3 rings (SSSR count). The molecule has 2 aromatic rings. The summed E-state index contributed by atoms with van der Waals surface area (Å²) in [5, 5.41) is 0. The Balaban J connectivity index is 2.10. The molecule has 6 nitrogen and oxygen atoms in total. The van der Waals surface area contributed by atoms with E-state index in [0.29, 0.717) is 17.9 Å². The second-order valence-corrected chi connectivity index (χ2v) is 5.52. The molecule has 0 fully saturated rings. The van der Waals surface area contributed by atoms with Crippen LogP contribution < -0.4 is 16.2 Å². The highest BCUT2D eigenvalue weighted by Crippen LogP contribution is 2.31. The number of carbonyl (C=O) groups excluding carboxylic acids is 1. The maximum absolute atomic E-state index is 12.2. The van der Waals surface area contributed by atoms with E-state index >= 15 is 0 Å². The standard InChI is InChI=1S/C19H18N4O2/c1-25-17-9-8-14(11-22-17)15-7-3-5-12-4-2-6-13(10-16(12)15)18(24)23-19(20)21/h2-3,5-11H,4H2,1H3,(H4,20,21,23,24). The van der Waals surface area contributed by atoms with Gasteiger partial charge in [0.25, 0.3) is 5.91 Å². The zero-order chi connectivity index (χ0) is 17.8. The molecule has 1 heterocycles. The number of aliphatic imine (C=N–C) groups is 1. The van der Waals surface area contributed by atoms with Gasteiger partial charge in [0.1, 0.15) is 0 Å². The van der Waals surface area contributed by atoms with Crippen molar-refractivity contribution in [3.05, 3.63) is 65.4 Å². The molecule has 1 amide bonds. The van der Waals surface area contributed by atoms with Gasteiger partial charge >= 0.3 is 0 Å². The maximum Gasteiger partial charge on any atom is 0.280 e. The van der Waals surface area contributed by atoms with Crippen LogP contribution in [0.5, 0.6) is 5.88 Å². The number of pyridine rings is 1. The van der Waals surface area contributed by atoms with Crippen molar-refractivity contribution in [2.75, 3.05) is 7.11 Å². The van der Waals surface area contributed by atoms with E-state index in [2.05, 4.69) is 9.98 Å². The SMILES string of the molecule is COc1ccc(-c2cccc3c2C=C(C(=O)N=C(N)N)C=CC3)cn1. The molecule has 6 heteroatoms. The van der Waals surface area contributed by atoms with E-state index in [1.54, 1.807) is 25.4 Å². The fourth-order valence-electron chi connectivity index (χ4n) is 2.70. The molecule has 0 bridgehead atoms. The first kappa shape index (κ1) is 16.4. The maximum atomic E-state index is 12.2. The first-order chi connectivity index (χ1) is 12.1. The van der Waals surface area contributed by atoms with E-state index in [4.69, 9.17) is 16.2 Å². The lowest BCUT2D eigenvalue weighted by atomic mass is 9.94. The molecule has 0 radical (unpaired) electrons. The molecule has 0 spiro atoms. The Morgan fingerprint density at radius 1 is 1.24 bits per heavy atom. The first-order valence-corrected chi connectivity index (χ1v) is 7.73. The molecule has 1 aromatic heterocycles. The Morgan fingerprint density at radius 2 is 2.08 bits per heavy atom. The molecule has 1 aliphatic rings. The number of nitrogens with zero attached hydrogens (tertiary/aromatic N) is 2. The van der Waals surface area contributed by atoms with Crippen molar-refractivity contribution in [3.8, 4) is 17.0 Å². The summed E-state index contributed by atoms with van der Waals surface area (Å²) in [6.45, 7) is 0. The van der Waals surface area contributed by atoms with Crippen LogP contribution in [-0.2, 0) is 11.2 Å². The van der Waals surface area contributed by atoms with Gasteiger partial charge in [-0.15, -0.1) is 0 Å². The van der Waals surface area contributed by atoms with E-state index in [9.17, 15) is 4.79 Å². The van der Waals surface area contributed by atoms with Crippen LogP contribution in [0.15, 0.2) is 59.2 Å². The van der Waals surface area contributed by atoms with Crippen molar-refractivity contribution in [1.29, 1.82) is 0 Å². The van der Waals surface area contributed by atoms with Crippen LogP contribution in [0.1, 0.15) is 11.1 Å². The Kier molecular flexibility index (Phi) is 4.61. The minimum absolute atomic E-state index is 0.253. The highest BCUT2D eigenvalue weighted by Gasteiger charge is 2.14. The summed E-state index contributed by atoms with van der Waals surface area (Å²) < 4.78 is 5.11. The van der Waals surface area contributed by atoms with Crippen LogP contribution in [0.4, 0.5) is 0 Å². The fraction of sp³-hybridized carbons (Fsp3) is 0.105. The Morgan fingerprint density at radius 3 is 2.76 bits per heavy atom. The molecule has 4 N–H and O–H groups in total. The van der Waals surface area contributed by atoms with E-state index < -0.39 is 5.91 Å². The van der Waals surface area contributed by atoms with Crippen LogP contribution in [0, 0.1) is 0 Å². The number of carbonyl (C=O) groups is 1. The summed E-state index contributed by atoms with van der Waals surface area (Å²) >= 11 is 0. The lowest BCUT2D eigenvalue weighted by Crippen LogP contribution is -2.24. The largest absolute Gasteiger partial charge is 0.481 e. The van der Waals surface area contributed by atoms with E-state index in [1.165, 1.54) is 0 Å². The van der Waals surface area contributed by atoms with Gasteiger partial charge in [0.15, 0.2) is 5.96 Å². The van der Waals surface area contributed by atoms with Crippen LogP contribution in [0.3, 0.4) is 0 Å². The van der Waals surface area contributed by atoms with Gasteiger partial charge in [0.05, 0.1) is 7.11 Å². The Labute approximate surface area is 145 Å². The third-order valence-electron chi connectivity index (χ3n) is 3.87. The molecule has 126 valence electrons. The average molecular weight is 334 g/mol. The van der Waals surface area contributed by atoms with Crippen molar-refractivity contribution in [3.63, 3.8) is 0 Å². The van der Waals surface area contributed by atoms with E-state index in [-0.39, 0.29) is 5.96 Å². The predicted octanol–water partition coefficient (Wildman–Crippen LogP) is 2.05. The summed E-state index contributed by atoms with van der Waals surface area (Å²) in [7, 11) is 1.58. The summed E-state index contributed by atoms with van der Waals surface area (Å²) in [5.41, 5.74) is 15.0. The normalized spacial score (nSPS) is 12.6. The lowest BCUT2D eigenvalue weighted by Gasteiger charge is -2.11. The Hall–Kier alpha value is -3.41. The van der Waals surface area contributed by atoms with Gasteiger partial charge in [0, 0.05) is 23.4 Å². The number of hydrogen-bond donors (Lipinski definition) is 2. The molecule has 1 aromatic carbocycles. The molecule has 25 heavy (non-hydrogen) atoms. The minimum Gasteiger partial charge on any atom is -0.481 e. The molecule has 0 atom stereocenters. The van der Waals surface area contributed by atoms with Crippen LogP contribution in [0.25, 0.3) is 17.2 Å². The number of guanidine groups is 1. The topological polar surface area (TPSA) is 104 Å². The quantitative estimate of drug-likeness (QED) is 0.660. The summed E-state index contributed by atoms with van der Waals surface area (Å²) in [4.78, 5) is 20.1. The fourth-order valence-corrected chi connectivity index (χ4v) is 2.70. The molecule has 0 saturated carbocycles. The van der Waals surface area contributed by atoms with Gasteiger partial charge in [-0.2, -0.15) is 4.99 Å². The number of benzene rings is 1. The number of methoxy groups -OCH3 is 1. The van der Waals surface area contributed by atoms with Crippen LogP contribution in [-0.4, -0.2) is 24.0 Å². The number of rotatable bonds is 3. The zero-order valence-electron chi connectivity index (χ0n) is 13.8. The highest BCUT2D eigenvalue weighted by atomic mass is 16.5. The van der Waals surface area contributed by atoms with Gasteiger partial charge in [-0.05, 0) is 35.3 Å². The van der Waals surface area contributed by atoms with Crippen LogP contribution >= 0.6 is 0 Å². The van der Waals surface area contributed by atoms with Crippen molar-refractivity contribution in [2.24, 2.45) is 16.5 Å². The second kappa shape index (κ2) is 7.00. The zero-order valence-corrected chi connectivity index (χ0v) is 13.8. The van der Waals surface area contributed by atoms with Crippen molar-refractivity contribution >= 4 is 17.9 Å². The number of fused-ring (bicyclic) bond motifs is 1. The van der Waals surface area contributed by atoms with E-state index in [0.717, 1.165) is 22.3 Å². The predicted molar refractivity (Wildman–Crippen MR) is 97.9 cm³/mol. The third kappa shape index (κ3) is 3.58. The van der Waals surface area contributed by atoms with Gasteiger partial charge < -0.3 is 16.2 Å². The summed E-state index contributed by atoms with van der Waals surface area (Å²) in [5.74, 6) is -0.172. The lowest BCUT2D eigenvalue weighted by molar-refractivity contribution is -0.114. The molecular formula is C19H18N4O2. The summed E-state index contributed by atoms with van der Waals surface area (Å²) in [6, 6.07) is 9.75. The molecule has 0 unspecified atom stereocenters. The third-order valence-corrected chi connectivity index (χ3v) is 3.87. The van der Waals surface area contributed by atoms with Gasteiger partial charge in [-0.25, -0.2) is 4.98 Å². The summed E-state index contributed by atoms with van der Waals surface area (Å²) in [6.07, 6.45) is 7.94. The van der Waals surface area contributed by atoms with Gasteiger partial charge in [-0.1, -0.05) is 30.4 Å². The number of nitrogens with two attached hydrogens (primary N) is 2. The van der Waals surface area contributed by atoms with Crippen molar-refractivity contribution in [1.82, 2.24) is 4.98 Å². The number of amides is 1. The number of hydrogen-bond acceptors (Lipinski definition) is 3. The first-order valence-electron chi connectivity index (χ1n) is 7.73. The average Bonchev–Trinajstić information content (AvgIpc) is 2.83. The number of allylic oxidation sites excluding steroid dienone is 1. The highest BCUT2D eigenvalue weighted by molar-refractivity contribution is 6.07. The molecule has 0 aliphatic heterocycles. The van der Waals surface area contributed by atoms with Crippen molar-refractivity contribution in [2.45, 2.75) is 6.42 Å². The molecular weight excluding hydrogens is 316 g/mol. The van der Waals surface area contributed by atoms with Gasteiger partial charge in [0.2, 0.25) is 5.88 Å². The van der Waals surface area contributed by atoms with E-state index in [1.807, 2.05) is 36.4 Å². The smallest absolute Gasteiger partial charge is 0.280 e. The minimum atomic E-state index is -0.466. The van der Waals surface area contributed by atoms with Crippen LogP contribution in [0.2, 0.25) is 0 Å². The monoisotopic (exact) mass is 334 g/mol. The molecule has 0 saturated heterocycles. The van der Waals surface area contributed by atoms with Crippen molar-refractivity contribution < 1.29 is 9.53 Å². The Bertz CT molecular complexity index is 892. The number of ether oxygens (including phenoxy) is 1. The van der Waals surface area contributed by atoms with Gasteiger partial charge in [-0.3, -0.25) is 4.79 Å².